The number of ether oxygens (including phenoxy) is 2. The minimum absolute atomic E-state index is 0.221. The topological polar surface area (TPSA) is 166 Å². The Balaban J connectivity index is 1.42. The second-order valence-corrected chi connectivity index (χ2v) is 10.4. The molecule has 1 heterocycles. The molecule has 1 amide bonds. The minimum Gasteiger partial charge on any atom is -0.504 e. The van der Waals surface area contributed by atoms with Crippen LogP contribution in [-0.4, -0.2) is 66.9 Å². The summed E-state index contributed by atoms with van der Waals surface area (Å²) in [6.45, 7) is 10.2. The summed E-state index contributed by atoms with van der Waals surface area (Å²) in [6, 6.07) is 11.0. The number of aromatic nitrogens is 4. The van der Waals surface area contributed by atoms with Gasteiger partial charge in [-0.2, -0.15) is 0 Å². The van der Waals surface area contributed by atoms with Gasteiger partial charge in [0.1, 0.15) is 11.4 Å². The lowest BCUT2D eigenvalue weighted by molar-refractivity contribution is -0.124. The van der Waals surface area contributed by atoms with E-state index in [4.69, 9.17) is 15.2 Å². The van der Waals surface area contributed by atoms with Crippen molar-refractivity contribution < 1.29 is 24.5 Å². The van der Waals surface area contributed by atoms with E-state index in [0.717, 1.165) is 5.56 Å². The molecule has 0 aliphatic rings. The van der Waals surface area contributed by atoms with Crippen LogP contribution >= 0.6 is 0 Å². The molecule has 0 saturated heterocycles. The number of rotatable bonds is 12. The van der Waals surface area contributed by atoms with Crippen molar-refractivity contribution in [2.75, 3.05) is 13.2 Å². The summed E-state index contributed by atoms with van der Waals surface area (Å²) < 4.78 is 12.2. The summed E-state index contributed by atoms with van der Waals surface area (Å²) in [6.07, 6.45) is 0.837. The van der Waals surface area contributed by atoms with E-state index in [0.29, 0.717) is 36.0 Å². The number of phenols is 2. The van der Waals surface area contributed by atoms with Gasteiger partial charge in [0.2, 0.25) is 11.7 Å². The van der Waals surface area contributed by atoms with Crippen molar-refractivity contribution in [3.8, 4) is 28.6 Å². The average molecular weight is 525 g/mol. The van der Waals surface area contributed by atoms with Crippen LogP contribution in [0.25, 0.3) is 11.4 Å². The normalized spacial score (nSPS) is 12.7. The molecule has 11 heteroatoms. The van der Waals surface area contributed by atoms with Gasteiger partial charge in [-0.15, -0.1) is 20.4 Å². The quantitative estimate of drug-likeness (QED) is 0.259. The molecule has 3 aromatic rings. The van der Waals surface area contributed by atoms with Crippen molar-refractivity contribution in [2.45, 2.75) is 64.7 Å². The zero-order valence-electron chi connectivity index (χ0n) is 22.4. The van der Waals surface area contributed by atoms with Crippen LogP contribution in [0.4, 0.5) is 0 Å². The van der Waals surface area contributed by atoms with Gasteiger partial charge in [0.15, 0.2) is 17.3 Å². The molecule has 1 atom stereocenters. The summed E-state index contributed by atoms with van der Waals surface area (Å²) in [5.41, 5.74) is 6.34. The van der Waals surface area contributed by atoms with Crippen LogP contribution in [0.5, 0.6) is 17.2 Å². The van der Waals surface area contributed by atoms with E-state index in [2.05, 4.69) is 25.7 Å². The maximum absolute atomic E-state index is 12.5. The number of carbonyl (C=O) groups is 1. The predicted molar refractivity (Wildman–Crippen MR) is 142 cm³/mol. The molecule has 1 aromatic heterocycles. The van der Waals surface area contributed by atoms with E-state index in [1.54, 1.807) is 13.0 Å². The van der Waals surface area contributed by atoms with Crippen LogP contribution in [0.3, 0.4) is 0 Å². The monoisotopic (exact) mass is 524 g/mol. The number of hydrogen-bond donors (Lipinski definition) is 4. The summed E-state index contributed by atoms with van der Waals surface area (Å²) in [5.74, 6) is 0.865. The maximum atomic E-state index is 12.5. The molecular formula is C27H36N6O5. The molecule has 204 valence electrons. The predicted octanol–water partition coefficient (Wildman–Crippen LogP) is 2.68. The largest absolute Gasteiger partial charge is 0.504 e. The molecular weight excluding hydrogens is 488 g/mol. The second-order valence-electron chi connectivity index (χ2n) is 10.4. The number of hydrogen-bond acceptors (Lipinski definition) is 10. The molecule has 0 saturated carbocycles. The van der Waals surface area contributed by atoms with Crippen molar-refractivity contribution in [3.05, 3.63) is 53.9 Å². The highest BCUT2D eigenvalue weighted by molar-refractivity contribution is 5.81. The molecule has 38 heavy (non-hydrogen) atoms. The smallest absolute Gasteiger partial charge is 0.237 e. The highest BCUT2D eigenvalue weighted by Gasteiger charge is 2.25. The van der Waals surface area contributed by atoms with Crippen LogP contribution in [0, 0.1) is 6.92 Å². The molecule has 5 N–H and O–H groups in total. The molecule has 0 fully saturated rings. The molecule has 0 bridgehead atoms. The highest BCUT2D eigenvalue weighted by Crippen LogP contribution is 2.26. The molecule has 0 aliphatic carbocycles. The molecule has 0 spiro atoms. The lowest BCUT2D eigenvalue weighted by atomic mass is 10.0. The van der Waals surface area contributed by atoms with E-state index in [9.17, 15) is 15.0 Å². The molecule has 3 rings (SSSR count). The van der Waals surface area contributed by atoms with Gasteiger partial charge in [-0.3, -0.25) is 4.79 Å². The first kappa shape index (κ1) is 28.7. The standard InChI is InChI=1S/C27H36N6O5/c1-17-30-32-24(33-31-17)19-7-9-20(10-8-19)38-26(2,3)12-13-37-27(4,5)16-29-25(36)21(28)14-18-6-11-22(34)23(35)15-18/h6-11,15,21,34-35H,12-14,16,28H2,1-5H3,(H,29,36). The van der Waals surface area contributed by atoms with Gasteiger partial charge in [0, 0.05) is 18.5 Å². The fourth-order valence-corrected chi connectivity index (χ4v) is 3.53. The molecule has 1 unspecified atom stereocenters. The first-order valence-corrected chi connectivity index (χ1v) is 12.4. The zero-order chi connectivity index (χ0) is 27.9. The maximum Gasteiger partial charge on any atom is 0.237 e. The Bertz CT molecular complexity index is 1220. The Hall–Kier alpha value is -3.83. The first-order chi connectivity index (χ1) is 17.8. The van der Waals surface area contributed by atoms with Crippen LogP contribution in [0.1, 0.15) is 45.5 Å². The third kappa shape index (κ3) is 8.63. The van der Waals surface area contributed by atoms with E-state index < -0.39 is 17.2 Å². The summed E-state index contributed by atoms with van der Waals surface area (Å²) in [5, 5.41) is 37.8. The highest BCUT2D eigenvalue weighted by atomic mass is 16.5. The zero-order valence-corrected chi connectivity index (χ0v) is 22.4. The fourth-order valence-electron chi connectivity index (χ4n) is 3.53. The molecule has 2 aromatic carbocycles. The van der Waals surface area contributed by atoms with Gasteiger partial charge >= 0.3 is 0 Å². The average Bonchev–Trinajstić information content (AvgIpc) is 2.85. The van der Waals surface area contributed by atoms with E-state index in [1.807, 2.05) is 52.0 Å². The number of phenolic OH excluding ortho intramolecular Hbond substituents is 2. The second kappa shape index (κ2) is 12.1. The summed E-state index contributed by atoms with van der Waals surface area (Å²) in [4.78, 5) is 12.5. The van der Waals surface area contributed by atoms with Gasteiger partial charge in [-0.25, -0.2) is 0 Å². The van der Waals surface area contributed by atoms with Gasteiger partial charge in [-0.1, -0.05) is 6.07 Å². The van der Waals surface area contributed by atoms with Crippen LogP contribution in [-0.2, 0) is 16.0 Å². The van der Waals surface area contributed by atoms with Crippen LogP contribution in [0.2, 0.25) is 0 Å². The Morgan fingerprint density at radius 3 is 2.26 bits per heavy atom. The van der Waals surface area contributed by atoms with Crippen LogP contribution in [0.15, 0.2) is 42.5 Å². The first-order valence-electron chi connectivity index (χ1n) is 12.4. The Labute approximate surface area is 222 Å². The minimum atomic E-state index is -0.807. The molecule has 11 nitrogen and oxygen atoms in total. The Morgan fingerprint density at radius 2 is 1.63 bits per heavy atom. The van der Waals surface area contributed by atoms with E-state index in [1.165, 1.54) is 12.1 Å². The lowest BCUT2D eigenvalue weighted by Gasteiger charge is -2.30. The number of aromatic hydroxyl groups is 2. The number of aryl methyl sites for hydroxylation is 1. The summed E-state index contributed by atoms with van der Waals surface area (Å²) >= 11 is 0. The summed E-state index contributed by atoms with van der Waals surface area (Å²) in [7, 11) is 0. The number of nitrogens with zero attached hydrogens (tertiary/aromatic N) is 4. The SMILES string of the molecule is Cc1nnc(-c2ccc(OC(C)(C)CCOC(C)(C)CNC(=O)C(N)Cc3ccc(O)c(O)c3)cc2)nn1. The third-order valence-corrected chi connectivity index (χ3v) is 5.80. The van der Waals surface area contributed by atoms with Gasteiger partial charge < -0.3 is 30.7 Å². The van der Waals surface area contributed by atoms with Crippen LogP contribution < -0.4 is 15.8 Å². The van der Waals surface area contributed by atoms with Crippen molar-refractivity contribution in [2.24, 2.45) is 5.73 Å². The fraction of sp³-hybridized carbons (Fsp3) is 0.444. The number of nitrogens with two attached hydrogens (primary N) is 1. The van der Waals surface area contributed by atoms with Crippen molar-refractivity contribution in [1.29, 1.82) is 0 Å². The Morgan fingerprint density at radius 1 is 0.974 bits per heavy atom. The van der Waals surface area contributed by atoms with Gasteiger partial charge in [-0.05, 0) is 83.0 Å². The van der Waals surface area contributed by atoms with Crippen molar-refractivity contribution in [1.82, 2.24) is 25.7 Å². The lowest BCUT2D eigenvalue weighted by Crippen LogP contribution is -2.48. The van der Waals surface area contributed by atoms with E-state index >= 15 is 0 Å². The molecule has 0 aliphatic heterocycles. The number of carbonyl (C=O) groups excluding carboxylic acids is 1. The number of nitrogens with one attached hydrogen (secondary N) is 1. The Kier molecular flexibility index (Phi) is 9.18. The van der Waals surface area contributed by atoms with E-state index in [-0.39, 0.29) is 30.4 Å². The molecule has 0 radical (unpaired) electrons. The van der Waals surface area contributed by atoms with Gasteiger partial charge in [0.25, 0.3) is 0 Å². The van der Waals surface area contributed by atoms with Crippen molar-refractivity contribution >= 4 is 5.91 Å². The van der Waals surface area contributed by atoms with Gasteiger partial charge in [0.05, 0.1) is 18.2 Å². The third-order valence-electron chi connectivity index (χ3n) is 5.80. The number of benzene rings is 2. The van der Waals surface area contributed by atoms with Crippen molar-refractivity contribution in [3.63, 3.8) is 0 Å². The number of amides is 1.